The molecule has 28 heavy (non-hydrogen) atoms. The summed E-state index contributed by atoms with van der Waals surface area (Å²) >= 11 is 6.03. The summed E-state index contributed by atoms with van der Waals surface area (Å²) in [6.07, 6.45) is 4.75. The van der Waals surface area contributed by atoms with Gasteiger partial charge in [0.2, 0.25) is 5.91 Å². The first-order valence-corrected chi connectivity index (χ1v) is 10.4. The summed E-state index contributed by atoms with van der Waals surface area (Å²) in [5.41, 5.74) is 2.68. The number of amides is 1. The molecule has 1 aliphatic rings. The number of carbonyl (C=O) groups is 1. The highest BCUT2D eigenvalue weighted by molar-refractivity contribution is 6.30. The van der Waals surface area contributed by atoms with E-state index >= 15 is 0 Å². The lowest BCUT2D eigenvalue weighted by Crippen LogP contribution is -2.49. The van der Waals surface area contributed by atoms with Crippen molar-refractivity contribution >= 4 is 17.5 Å². The Labute approximate surface area is 172 Å². The van der Waals surface area contributed by atoms with Crippen LogP contribution in [0.1, 0.15) is 62.1 Å². The van der Waals surface area contributed by atoms with Crippen LogP contribution in [0.2, 0.25) is 5.02 Å². The summed E-state index contributed by atoms with van der Waals surface area (Å²) in [5, 5.41) is 13.3. The average Bonchev–Trinajstić information content (AvgIpc) is 2.67. The quantitative estimate of drug-likeness (QED) is 0.662. The van der Waals surface area contributed by atoms with Crippen LogP contribution < -0.4 is 5.32 Å². The summed E-state index contributed by atoms with van der Waals surface area (Å²) < 4.78 is 0. The molecule has 3 rings (SSSR count). The second kappa shape index (κ2) is 8.80. The third kappa shape index (κ3) is 4.39. The largest absolute Gasteiger partial charge is 0.353 e. The van der Waals surface area contributed by atoms with Gasteiger partial charge < -0.3 is 5.32 Å². The monoisotopic (exact) mass is 394 g/mol. The molecular weight excluding hydrogens is 368 g/mol. The SMILES string of the molecule is CCC1(C(=O)NC(C)[C@@H](Cc2ccc(Cl)cc2)c2cccc(C#N)c2)CCC1. The Morgan fingerprint density at radius 2 is 1.96 bits per heavy atom. The van der Waals surface area contributed by atoms with Gasteiger partial charge in [-0.25, -0.2) is 0 Å². The molecule has 1 saturated carbocycles. The predicted octanol–water partition coefficient (Wildman–Crippen LogP) is 5.62. The molecule has 1 amide bonds. The number of halogens is 1. The molecule has 2 aromatic rings. The predicted molar refractivity (Wildman–Crippen MR) is 113 cm³/mol. The number of nitrogens with zero attached hydrogens (tertiary/aromatic N) is 1. The lowest BCUT2D eigenvalue weighted by atomic mass is 9.66. The second-order valence-electron chi connectivity index (χ2n) is 7.92. The van der Waals surface area contributed by atoms with Crippen molar-refractivity contribution in [3.63, 3.8) is 0 Å². The number of rotatable bonds is 7. The van der Waals surface area contributed by atoms with Gasteiger partial charge in [-0.1, -0.05) is 49.2 Å². The average molecular weight is 395 g/mol. The number of nitrogens with one attached hydrogen (secondary N) is 1. The number of benzene rings is 2. The van der Waals surface area contributed by atoms with Gasteiger partial charge in [0.25, 0.3) is 0 Å². The second-order valence-corrected chi connectivity index (χ2v) is 8.36. The van der Waals surface area contributed by atoms with Crippen molar-refractivity contribution in [3.05, 3.63) is 70.2 Å². The van der Waals surface area contributed by atoms with Crippen LogP contribution in [-0.4, -0.2) is 11.9 Å². The van der Waals surface area contributed by atoms with Crippen molar-refractivity contribution in [3.8, 4) is 6.07 Å². The molecule has 0 aliphatic heterocycles. The van der Waals surface area contributed by atoms with Crippen LogP contribution in [0.3, 0.4) is 0 Å². The molecule has 0 aromatic heterocycles. The highest BCUT2D eigenvalue weighted by Gasteiger charge is 2.43. The first-order chi connectivity index (χ1) is 13.5. The standard InChI is InChI=1S/C24H27ClN2O/c1-3-24(12-5-13-24)23(28)27-17(2)22(15-18-8-10-21(25)11-9-18)20-7-4-6-19(14-20)16-26/h4,6-11,14,17,22H,3,5,12-13,15H2,1-2H3,(H,27,28)/t17?,22-/m1/s1. The smallest absolute Gasteiger partial charge is 0.226 e. The van der Waals surface area contributed by atoms with E-state index < -0.39 is 0 Å². The normalized spacial score (nSPS) is 17.1. The Morgan fingerprint density at radius 3 is 2.54 bits per heavy atom. The Kier molecular flexibility index (Phi) is 6.42. The maximum absolute atomic E-state index is 13.0. The molecule has 2 atom stereocenters. The van der Waals surface area contributed by atoms with Crippen molar-refractivity contribution in [1.29, 1.82) is 5.26 Å². The van der Waals surface area contributed by atoms with E-state index in [0.717, 1.165) is 43.2 Å². The van der Waals surface area contributed by atoms with E-state index in [1.165, 1.54) is 0 Å². The van der Waals surface area contributed by atoms with E-state index in [1.54, 1.807) is 0 Å². The first-order valence-electron chi connectivity index (χ1n) is 10.0. The zero-order valence-electron chi connectivity index (χ0n) is 16.5. The zero-order chi connectivity index (χ0) is 20.1. The molecule has 2 aromatic carbocycles. The van der Waals surface area contributed by atoms with Crippen LogP contribution in [0.15, 0.2) is 48.5 Å². The number of carbonyl (C=O) groups excluding carboxylic acids is 1. The maximum Gasteiger partial charge on any atom is 0.226 e. The van der Waals surface area contributed by atoms with Crippen LogP contribution in [-0.2, 0) is 11.2 Å². The summed E-state index contributed by atoms with van der Waals surface area (Å²) in [5.74, 6) is 0.249. The van der Waals surface area contributed by atoms with Gasteiger partial charge in [0.15, 0.2) is 0 Å². The minimum atomic E-state index is -0.187. The van der Waals surface area contributed by atoms with E-state index in [9.17, 15) is 10.1 Å². The van der Waals surface area contributed by atoms with Gasteiger partial charge in [-0.15, -0.1) is 0 Å². The molecule has 1 fully saturated rings. The number of nitriles is 1. The van der Waals surface area contributed by atoms with E-state index in [0.29, 0.717) is 10.6 Å². The van der Waals surface area contributed by atoms with Gasteiger partial charge in [0.1, 0.15) is 0 Å². The number of hydrogen-bond acceptors (Lipinski definition) is 2. The molecule has 0 heterocycles. The Morgan fingerprint density at radius 1 is 1.25 bits per heavy atom. The fraction of sp³-hybridized carbons (Fsp3) is 0.417. The molecule has 146 valence electrons. The fourth-order valence-corrected chi connectivity index (χ4v) is 4.23. The van der Waals surface area contributed by atoms with Crippen molar-refractivity contribution < 1.29 is 4.79 Å². The van der Waals surface area contributed by atoms with Crippen molar-refractivity contribution in [2.24, 2.45) is 5.41 Å². The molecule has 0 saturated heterocycles. The van der Waals surface area contributed by atoms with Crippen LogP contribution in [0.4, 0.5) is 0 Å². The lowest BCUT2D eigenvalue weighted by molar-refractivity contribution is -0.137. The van der Waals surface area contributed by atoms with Gasteiger partial charge >= 0.3 is 0 Å². The highest BCUT2D eigenvalue weighted by Crippen LogP contribution is 2.44. The minimum Gasteiger partial charge on any atom is -0.353 e. The lowest BCUT2D eigenvalue weighted by Gasteiger charge is -2.41. The topological polar surface area (TPSA) is 52.9 Å². The van der Waals surface area contributed by atoms with Crippen molar-refractivity contribution in [2.75, 3.05) is 0 Å². The third-order valence-electron chi connectivity index (χ3n) is 6.24. The van der Waals surface area contributed by atoms with Crippen LogP contribution in [0.25, 0.3) is 0 Å². The van der Waals surface area contributed by atoms with Gasteiger partial charge in [0, 0.05) is 22.4 Å². The molecule has 0 radical (unpaired) electrons. The Bertz CT molecular complexity index is 859. The third-order valence-corrected chi connectivity index (χ3v) is 6.50. The van der Waals surface area contributed by atoms with E-state index in [2.05, 4.69) is 25.2 Å². The molecular formula is C24H27ClN2O. The molecule has 1 N–H and O–H groups in total. The summed E-state index contributed by atoms with van der Waals surface area (Å²) in [4.78, 5) is 13.0. The van der Waals surface area contributed by atoms with E-state index in [4.69, 9.17) is 11.6 Å². The number of hydrogen-bond donors (Lipinski definition) is 1. The zero-order valence-corrected chi connectivity index (χ0v) is 17.3. The van der Waals surface area contributed by atoms with Crippen LogP contribution in [0, 0.1) is 16.7 Å². The summed E-state index contributed by atoms with van der Waals surface area (Å²) in [6, 6.07) is 17.7. The molecule has 4 heteroatoms. The maximum atomic E-state index is 13.0. The molecule has 0 bridgehead atoms. The molecule has 0 spiro atoms. The van der Waals surface area contributed by atoms with E-state index in [1.807, 2.05) is 48.5 Å². The van der Waals surface area contributed by atoms with Gasteiger partial charge in [0.05, 0.1) is 11.6 Å². The molecule has 3 nitrogen and oxygen atoms in total. The van der Waals surface area contributed by atoms with E-state index in [-0.39, 0.29) is 23.3 Å². The fourth-order valence-electron chi connectivity index (χ4n) is 4.10. The minimum absolute atomic E-state index is 0.0406. The van der Waals surface area contributed by atoms with Crippen LogP contribution >= 0.6 is 11.6 Å². The van der Waals surface area contributed by atoms with Gasteiger partial charge in [-0.05, 0) is 68.0 Å². The van der Waals surface area contributed by atoms with Crippen molar-refractivity contribution in [1.82, 2.24) is 5.32 Å². The Balaban J connectivity index is 1.85. The van der Waals surface area contributed by atoms with Crippen LogP contribution in [0.5, 0.6) is 0 Å². The first kappa shape index (κ1) is 20.4. The van der Waals surface area contributed by atoms with Gasteiger partial charge in [-0.2, -0.15) is 5.26 Å². The van der Waals surface area contributed by atoms with Crippen molar-refractivity contribution in [2.45, 2.75) is 57.9 Å². The summed E-state index contributed by atoms with van der Waals surface area (Å²) in [6.45, 7) is 4.17. The van der Waals surface area contributed by atoms with Gasteiger partial charge in [-0.3, -0.25) is 4.79 Å². The Hall–Kier alpha value is -2.31. The highest BCUT2D eigenvalue weighted by atomic mass is 35.5. The summed E-state index contributed by atoms with van der Waals surface area (Å²) in [7, 11) is 0. The molecule has 1 aliphatic carbocycles. The molecule has 1 unspecified atom stereocenters.